The normalized spacial score (nSPS) is 41.8. The van der Waals surface area contributed by atoms with Gasteiger partial charge in [-0.05, 0) is 57.0 Å². The van der Waals surface area contributed by atoms with Gasteiger partial charge < -0.3 is 5.32 Å². The summed E-state index contributed by atoms with van der Waals surface area (Å²) in [6, 6.07) is 1.68. The highest BCUT2D eigenvalue weighted by atomic mass is 15.2. The van der Waals surface area contributed by atoms with E-state index in [1.165, 1.54) is 71.0 Å². The molecule has 2 heteroatoms. The van der Waals surface area contributed by atoms with E-state index in [2.05, 4.69) is 17.1 Å². The van der Waals surface area contributed by atoms with E-state index in [1.807, 2.05) is 0 Å². The highest BCUT2D eigenvalue weighted by Crippen LogP contribution is 2.30. The maximum atomic E-state index is 3.93. The zero-order valence-corrected chi connectivity index (χ0v) is 12.0. The summed E-state index contributed by atoms with van der Waals surface area (Å²) in [6.45, 7) is 6.44. The Labute approximate surface area is 113 Å². The van der Waals surface area contributed by atoms with Gasteiger partial charge in [0.25, 0.3) is 0 Å². The molecule has 0 aromatic carbocycles. The largest absolute Gasteiger partial charge is 0.312 e. The Hall–Kier alpha value is -0.0800. The second-order valence-corrected chi connectivity index (χ2v) is 7.04. The fraction of sp³-hybridized carbons (Fsp3) is 1.00. The van der Waals surface area contributed by atoms with Crippen LogP contribution in [0.1, 0.15) is 58.3 Å². The van der Waals surface area contributed by atoms with Gasteiger partial charge in [0.15, 0.2) is 0 Å². The lowest BCUT2D eigenvalue weighted by Gasteiger charge is -2.34. The van der Waals surface area contributed by atoms with Crippen LogP contribution in [0.25, 0.3) is 0 Å². The molecule has 2 saturated heterocycles. The van der Waals surface area contributed by atoms with Crippen LogP contribution < -0.4 is 5.32 Å². The van der Waals surface area contributed by atoms with Gasteiger partial charge in [0.1, 0.15) is 0 Å². The first-order chi connectivity index (χ1) is 8.83. The molecular weight excluding hydrogens is 220 g/mol. The zero-order valence-electron chi connectivity index (χ0n) is 12.0. The summed E-state index contributed by atoms with van der Waals surface area (Å²) in [5.41, 5.74) is 0. The summed E-state index contributed by atoms with van der Waals surface area (Å²) in [7, 11) is 0. The zero-order chi connectivity index (χ0) is 12.4. The predicted molar refractivity (Wildman–Crippen MR) is 76.7 cm³/mol. The van der Waals surface area contributed by atoms with Gasteiger partial charge in [-0.15, -0.1) is 0 Å². The third-order valence-corrected chi connectivity index (χ3v) is 5.57. The van der Waals surface area contributed by atoms with Crippen molar-refractivity contribution in [3.8, 4) is 0 Å². The number of rotatable bonds is 3. The third kappa shape index (κ3) is 2.91. The van der Waals surface area contributed by atoms with Crippen molar-refractivity contribution in [3.05, 3.63) is 0 Å². The lowest BCUT2D eigenvalue weighted by atomic mass is 9.82. The molecule has 2 nitrogen and oxygen atoms in total. The van der Waals surface area contributed by atoms with E-state index in [-0.39, 0.29) is 0 Å². The number of nitrogens with one attached hydrogen (secondary N) is 1. The number of nitrogens with zero attached hydrogens (tertiary/aromatic N) is 1. The van der Waals surface area contributed by atoms with Gasteiger partial charge in [-0.3, -0.25) is 4.90 Å². The minimum absolute atomic E-state index is 0.808. The molecule has 3 rings (SSSR count). The fourth-order valence-corrected chi connectivity index (χ4v) is 4.55. The molecule has 0 radical (unpaired) electrons. The molecule has 0 aromatic heterocycles. The first-order valence-corrected chi connectivity index (χ1v) is 8.30. The van der Waals surface area contributed by atoms with Gasteiger partial charge >= 0.3 is 0 Å². The minimum Gasteiger partial charge on any atom is -0.312 e. The molecule has 3 fully saturated rings. The number of fused-ring (bicyclic) bond motifs is 1. The van der Waals surface area contributed by atoms with E-state index < -0.39 is 0 Å². The summed E-state index contributed by atoms with van der Waals surface area (Å²) < 4.78 is 0. The second-order valence-electron chi connectivity index (χ2n) is 7.04. The van der Waals surface area contributed by atoms with Gasteiger partial charge in [0.05, 0.1) is 0 Å². The molecule has 2 heterocycles. The molecule has 0 amide bonds. The highest BCUT2D eigenvalue weighted by Gasteiger charge is 2.35. The molecule has 18 heavy (non-hydrogen) atoms. The first kappa shape index (κ1) is 12.9. The molecule has 0 aromatic rings. The molecule has 4 atom stereocenters. The van der Waals surface area contributed by atoms with Crippen LogP contribution in [0, 0.1) is 11.8 Å². The molecule has 0 bridgehead atoms. The van der Waals surface area contributed by atoms with Crippen molar-refractivity contribution >= 4 is 0 Å². The van der Waals surface area contributed by atoms with E-state index in [0.29, 0.717) is 0 Å². The summed E-state index contributed by atoms with van der Waals surface area (Å²) >= 11 is 0. The Morgan fingerprint density at radius 3 is 2.83 bits per heavy atom. The summed E-state index contributed by atoms with van der Waals surface area (Å²) in [5.74, 6) is 1.94. The quantitative estimate of drug-likeness (QED) is 0.828. The maximum absolute atomic E-state index is 3.93. The van der Waals surface area contributed by atoms with Gasteiger partial charge in [0.2, 0.25) is 0 Å². The second kappa shape index (κ2) is 5.92. The first-order valence-electron chi connectivity index (χ1n) is 8.30. The Morgan fingerprint density at radius 1 is 1.00 bits per heavy atom. The van der Waals surface area contributed by atoms with Crippen LogP contribution in [0.15, 0.2) is 0 Å². The Kier molecular flexibility index (Phi) is 4.25. The van der Waals surface area contributed by atoms with Gasteiger partial charge in [-0.25, -0.2) is 0 Å². The molecule has 1 aliphatic carbocycles. The SMILES string of the molecule is CC1CCCC(CNC2CCN3CCCCC23)C1. The minimum atomic E-state index is 0.808. The monoisotopic (exact) mass is 250 g/mol. The molecular formula is C16H30N2. The number of hydrogen-bond donors (Lipinski definition) is 1. The molecule has 2 aliphatic heterocycles. The van der Waals surface area contributed by atoms with Crippen molar-refractivity contribution in [1.82, 2.24) is 10.2 Å². The Morgan fingerprint density at radius 2 is 1.94 bits per heavy atom. The van der Waals surface area contributed by atoms with Crippen molar-refractivity contribution in [2.45, 2.75) is 70.4 Å². The topological polar surface area (TPSA) is 15.3 Å². The van der Waals surface area contributed by atoms with E-state index in [0.717, 1.165) is 23.9 Å². The smallest absolute Gasteiger partial charge is 0.0249 e. The van der Waals surface area contributed by atoms with E-state index in [9.17, 15) is 0 Å². The molecule has 104 valence electrons. The van der Waals surface area contributed by atoms with Crippen molar-refractivity contribution in [3.63, 3.8) is 0 Å². The van der Waals surface area contributed by atoms with Crippen LogP contribution in [0.4, 0.5) is 0 Å². The summed E-state index contributed by atoms with van der Waals surface area (Å²) in [4.78, 5) is 2.74. The van der Waals surface area contributed by atoms with Crippen molar-refractivity contribution < 1.29 is 0 Å². The van der Waals surface area contributed by atoms with Gasteiger partial charge in [0, 0.05) is 18.6 Å². The van der Waals surface area contributed by atoms with Crippen LogP contribution in [0.3, 0.4) is 0 Å². The fourth-order valence-electron chi connectivity index (χ4n) is 4.55. The highest BCUT2D eigenvalue weighted by molar-refractivity contribution is 4.94. The Balaban J connectivity index is 1.45. The molecule has 3 aliphatic rings. The average Bonchev–Trinajstić information content (AvgIpc) is 2.80. The summed E-state index contributed by atoms with van der Waals surface area (Å²) in [5, 5.41) is 3.93. The summed E-state index contributed by atoms with van der Waals surface area (Å²) in [6.07, 6.45) is 11.6. The number of hydrogen-bond acceptors (Lipinski definition) is 2. The molecule has 1 N–H and O–H groups in total. The van der Waals surface area contributed by atoms with E-state index >= 15 is 0 Å². The Bertz CT molecular complexity index is 266. The lowest BCUT2D eigenvalue weighted by Crippen LogP contribution is -2.46. The van der Waals surface area contributed by atoms with Gasteiger partial charge in [-0.1, -0.05) is 26.2 Å². The number of piperidine rings is 1. The van der Waals surface area contributed by atoms with Crippen LogP contribution in [0.5, 0.6) is 0 Å². The maximum Gasteiger partial charge on any atom is 0.0249 e. The van der Waals surface area contributed by atoms with Crippen LogP contribution in [0.2, 0.25) is 0 Å². The van der Waals surface area contributed by atoms with Crippen molar-refractivity contribution in [1.29, 1.82) is 0 Å². The third-order valence-electron chi connectivity index (χ3n) is 5.57. The van der Waals surface area contributed by atoms with Crippen LogP contribution in [-0.2, 0) is 0 Å². The van der Waals surface area contributed by atoms with Crippen LogP contribution in [-0.4, -0.2) is 36.6 Å². The molecule has 4 unspecified atom stereocenters. The predicted octanol–water partition coefficient (Wildman–Crippen LogP) is 3.03. The van der Waals surface area contributed by atoms with Crippen LogP contribution >= 0.6 is 0 Å². The van der Waals surface area contributed by atoms with E-state index in [4.69, 9.17) is 0 Å². The van der Waals surface area contributed by atoms with Crippen molar-refractivity contribution in [2.24, 2.45) is 11.8 Å². The van der Waals surface area contributed by atoms with Gasteiger partial charge in [-0.2, -0.15) is 0 Å². The lowest BCUT2D eigenvalue weighted by molar-refractivity contribution is 0.175. The standard InChI is InChI=1S/C16H30N2/c1-13-5-4-6-14(11-13)12-17-15-8-10-18-9-3-2-7-16(15)18/h13-17H,2-12H2,1H3. The molecule has 0 spiro atoms. The van der Waals surface area contributed by atoms with E-state index in [1.54, 1.807) is 0 Å². The van der Waals surface area contributed by atoms with Crippen molar-refractivity contribution in [2.75, 3.05) is 19.6 Å². The average molecular weight is 250 g/mol. The molecule has 1 saturated carbocycles.